The van der Waals surface area contributed by atoms with Crippen LogP contribution >= 0.6 is 11.3 Å². The van der Waals surface area contributed by atoms with Crippen molar-refractivity contribution in [3.63, 3.8) is 0 Å². The highest BCUT2D eigenvalue weighted by atomic mass is 32.1. The Balaban J connectivity index is 1.58. The third-order valence-corrected chi connectivity index (χ3v) is 5.05. The van der Waals surface area contributed by atoms with Gasteiger partial charge in [0.05, 0.1) is 18.3 Å². The highest BCUT2D eigenvalue weighted by molar-refractivity contribution is 7.11. The Hall–Kier alpha value is -1.14. The molecule has 1 aliphatic rings. The van der Waals surface area contributed by atoms with E-state index in [0.29, 0.717) is 6.10 Å². The summed E-state index contributed by atoms with van der Waals surface area (Å²) in [5, 5.41) is 7.73. The summed E-state index contributed by atoms with van der Waals surface area (Å²) in [5.74, 6) is 0.825. The van der Waals surface area contributed by atoms with Crippen molar-refractivity contribution in [1.29, 1.82) is 0 Å². The van der Waals surface area contributed by atoms with Crippen LogP contribution in [0.2, 0.25) is 0 Å². The standard InChI is InChI=1S/C16H28N4OS/c1-12-13(2)22-15(20-12)11-19-16(17-3)18-9-6-10-21-14-7-4-5-8-14/h14H,4-11H2,1-3H3,(H2,17,18,19). The maximum Gasteiger partial charge on any atom is 0.191 e. The average molecular weight is 324 g/mol. The lowest BCUT2D eigenvalue weighted by Crippen LogP contribution is -2.37. The molecule has 0 aromatic carbocycles. The molecule has 0 bridgehead atoms. The fourth-order valence-electron chi connectivity index (χ4n) is 2.58. The molecule has 2 rings (SSSR count). The Labute approximate surface area is 137 Å². The molecule has 1 aromatic heterocycles. The number of ether oxygens (including phenoxy) is 1. The largest absolute Gasteiger partial charge is 0.378 e. The van der Waals surface area contributed by atoms with Crippen LogP contribution in [0.15, 0.2) is 4.99 Å². The third kappa shape index (κ3) is 5.57. The lowest BCUT2D eigenvalue weighted by Gasteiger charge is -2.13. The molecule has 0 spiro atoms. The Morgan fingerprint density at radius 3 is 2.73 bits per heavy atom. The van der Waals surface area contributed by atoms with E-state index in [1.807, 2.05) is 6.92 Å². The minimum absolute atomic E-state index is 0.508. The number of nitrogens with one attached hydrogen (secondary N) is 2. The second-order valence-corrected chi connectivity index (χ2v) is 7.02. The maximum absolute atomic E-state index is 5.85. The van der Waals surface area contributed by atoms with Crippen LogP contribution in [0.25, 0.3) is 0 Å². The summed E-state index contributed by atoms with van der Waals surface area (Å²) >= 11 is 1.74. The fraction of sp³-hybridized carbons (Fsp3) is 0.750. The fourth-order valence-corrected chi connectivity index (χ4v) is 3.45. The molecule has 2 N–H and O–H groups in total. The van der Waals surface area contributed by atoms with Gasteiger partial charge in [0, 0.05) is 25.1 Å². The van der Waals surface area contributed by atoms with Crippen molar-refractivity contribution in [2.45, 2.75) is 58.6 Å². The zero-order valence-electron chi connectivity index (χ0n) is 13.9. The summed E-state index contributed by atoms with van der Waals surface area (Å²) in [4.78, 5) is 10.0. The maximum atomic E-state index is 5.85. The molecule has 1 heterocycles. The minimum atomic E-state index is 0.508. The van der Waals surface area contributed by atoms with E-state index < -0.39 is 0 Å². The van der Waals surface area contributed by atoms with Gasteiger partial charge in [0.15, 0.2) is 5.96 Å². The number of hydrogen-bond acceptors (Lipinski definition) is 4. The predicted molar refractivity (Wildman–Crippen MR) is 92.6 cm³/mol. The van der Waals surface area contributed by atoms with E-state index in [-0.39, 0.29) is 0 Å². The molecule has 124 valence electrons. The van der Waals surface area contributed by atoms with Gasteiger partial charge in [-0.3, -0.25) is 4.99 Å². The second kappa shape index (κ2) is 9.10. The first kappa shape index (κ1) is 17.2. The molecule has 1 aliphatic carbocycles. The van der Waals surface area contributed by atoms with Gasteiger partial charge in [0.1, 0.15) is 5.01 Å². The molecule has 22 heavy (non-hydrogen) atoms. The number of aryl methyl sites for hydroxylation is 2. The van der Waals surface area contributed by atoms with Crippen molar-refractivity contribution in [2.24, 2.45) is 4.99 Å². The quantitative estimate of drug-likeness (QED) is 0.460. The molecule has 0 aliphatic heterocycles. The van der Waals surface area contributed by atoms with Gasteiger partial charge in [-0.25, -0.2) is 4.98 Å². The van der Waals surface area contributed by atoms with Crippen molar-refractivity contribution >= 4 is 17.3 Å². The van der Waals surface area contributed by atoms with E-state index >= 15 is 0 Å². The molecule has 5 nitrogen and oxygen atoms in total. The van der Waals surface area contributed by atoms with Crippen LogP contribution in [0.5, 0.6) is 0 Å². The van der Waals surface area contributed by atoms with Gasteiger partial charge in [-0.15, -0.1) is 11.3 Å². The Morgan fingerprint density at radius 2 is 2.09 bits per heavy atom. The first-order valence-electron chi connectivity index (χ1n) is 8.18. The number of guanidine groups is 1. The normalized spacial score (nSPS) is 16.2. The van der Waals surface area contributed by atoms with Gasteiger partial charge in [0.25, 0.3) is 0 Å². The topological polar surface area (TPSA) is 58.5 Å². The zero-order chi connectivity index (χ0) is 15.8. The second-order valence-electron chi connectivity index (χ2n) is 5.73. The molecule has 6 heteroatoms. The van der Waals surface area contributed by atoms with Gasteiger partial charge in [-0.2, -0.15) is 0 Å². The summed E-state index contributed by atoms with van der Waals surface area (Å²) in [6, 6.07) is 0. The monoisotopic (exact) mass is 324 g/mol. The van der Waals surface area contributed by atoms with Crippen LogP contribution in [0.3, 0.4) is 0 Å². The molecule has 0 radical (unpaired) electrons. The molecular formula is C16H28N4OS. The van der Waals surface area contributed by atoms with Gasteiger partial charge >= 0.3 is 0 Å². The van der Waals surface area contributed by atoms with Gasteiger partial charge in [-0.05, 0) is 33.1 Å². The Kier molecular flexibility index (Phi) is 7.12. The molecule has 1 aromatic rings. The van der Waals surface area contributed by atoms with Crippen LogP contribution in [0, 0.1) is 13.8 Å². The van der Waals surface area contributed by atoms with Crippen molar-refractivity contribution < 1.29 is 4.74 Å². The molecule has 0 saturated heterocycles. The van der Waals surface area contributed by atoms with Crippen LogP contribution in [0.1, 0.15) is 47.7 Å². The van der Waals surface area contributed by atoms with E-state index in [0.717, 1.165) is 42.8 Å². The van der Waals surface area contributed by atoms with Crippen LogP contribution in [-0.2, 0) is 11.3 Å². The third-order valence-electron chi connectivity index (χ3n) is 3.97. The van der Waals surface area contributed by atoms with Gasteiger partial charge in [-0.1, -0.05) is 12.8 Å². The molecular weight excluding hydrogens is 296 g/mol. The van der Waals surface area contributed by atoms with E-state index in [2.05, 4.69) is 27.5 Å². The summed E-state index contributed by atoms with van der Waals surface area (Å²) < 4.78 is 5.85. The first-order chi connectivity index (χ1) is 10.7. The molecule has 0 atom stereocenters. The molecule has 1 fully saturated rings. The zero-order valence-corrected chi connectivity index (χ0v) is 14.8. The average Bonchev–Trinajstić information content (AvgIpc) is 3.12. The number of aromatic nitrogens is 1. The predicted octanol–water partition coefficient (Wildman–Crippen LogP) is 2.77. The Morgan fingerprint density at radius 1 is 1.32 bits per heavy atom. The Bertz CT molecular complexity index is 461. The lowest BCUT2D eigenvalue weighted by molar-refractivity contribution is 0.0574. The smallest absolute Gasteiger partial charge is 0.191 e. The SMILES string of the molecule is CN=C(NCCCOC1CCCC1)NCc1nc(C)c(C)s1. The van der Waals surface area contributed by atoms with E-state index in [9.17, 15) is 0 Å². The highest BCUT2D eigenvalue weighted by Crippen LogP contribution is 2.20. The van der Waals surface area contributed by atoms with E-state index in [1.165, 1.54) is 30.6 Å². The minimum Gasteiger partial charge on any atom is -0.378 e. The summed E-state index contributed by atoms with van der Waals surface area (Å²) in [6.45, 7) is 6.58. The molecule has 1 saturated carbocycles. The number of thiazole rings is 1. The van der Waals surface area contributed by atoms with Crippen LogP contribution < -0.4 is 10.6 Å². The first-order valence-corrected chi connectivity index (χ1v) is 8.99. The van der Waals surface area contributed by atoms with Crippen molar-refractivity contribution in [2.75, 3.05) is 20.2 Å². The number of hydrogen-bond donors (Lipinski definition) is 2. The number of rotatable bonds is 7. The van der Waals surface area contributed by atoms with Gasteiger partial charge < -0.3 is 15.4 Å². The van der Waals surface area contributed by atoms with E-state index in [4.69, 9.17) is 4.74 Å². The molecule has 0 unspecified atom stereocenters. The summed E-state index contributed by atoms with van der Waals surface area (Å²) in [6.07, 6.45) is 6.65. The van der Waals surface area contributed by atoms with Crippen molar-refractivity contribution in [3.05, 3.63) is 15.6 Å². The number of nitrogens with zero attached hydrogens (tertiary/aromatic N) is 2. The van der Waals surface area contributed by atoms with Crippen LogP contribution in [-0.4, -0.2) is 37.2 Å². The summed E-state index contributed by atoms with van der Waals surface area (Å²) in [7, 11) is 1.79. The highest BCUT2D eigenvalue weighted by Gasteiger charge is 2.14. The van der Waals surface area contributed by atoms with Crippen LogP contribution in [0.4, 0.5) is 0 Å². The van der Waals surface area contributed by atoms with Gasteiger partial charge in [0.2, 0.25) is 0 Å². The number of aliphatic imine (C=N–C) groups is 1. The summed E-state index contributed by atoms with van der Waals surface area (Å²) in [5.41, 5.74) is 1.12. The lowest BCUT2D eigenvalue weighted by atomic mass is 10.3. The van der Waals surface area contributed by atoms with E-state index in [1.54, 1.807) is 18.4 Å². The van der Waals surface area contributed by atoms with Crippen molar-refractivity contribution in [3.8, 4) is 0 Å². The molecule has 0 amide bonds. The van der Waals surface area contributed by atoms with Crippen molar-refractivity contribution in [1.82, 2.24) is 15.6 Å².